The van der Waals surface area contributed by atoms with Gasteiger partial charge in [-0.15, -0.1) is 0 Å². The molecule has 0 spiro atoms. The predicted molar refractivity (Wildman–Crippen MR) is 97.7 cm³/mol. The van der Waals surface area contributed by atoms with Crippen molar-refractivity contribution in [3.8, 4) is 0 Å². The molecule has 26 heavy (non-hydrogen) atoms. The number of anilines is 1. The number of aromatic nitrogens is 4. The fraction of sp³-hybridized carbons (Fsp3) is 0.688. The number of halogens is 1. The van der Waals surface area contributed by atoms with Crippen LogP contribution in [0.1, 0.15) is 27.0 Å². The van der Waals surface area contributed by atoms with E-state index in [9.17, 15) is 5.11 Å². The topological polar surface area (TPSA) is 108 Å². The van der Waals surface area contributed by atoms with Crippen LogP contribution in [0.15, 0.2) is 12.7 Å². The number of fused-ring (bicyclic) bond motifs is 1. The number of rotatable bonds is 4. The summed E-state index contributed by atoms with van der Waals surface area (Å²) in [4.78, 5) is 12.2. The van der Waals surface area contributed by atoms with Crippen LogP contribution in [-0.4, -0.2) is 57.9 Å². The van der Waals surface area contributed by atoms with E-state index in [0.717, 1.165) is 0 Å². The molecule has 2 aromatic rings. The summed E-state index contributed by atoms with van der Waals surface area (Å²) in [5.74, 6) is 0.218. The van der Waals surface area contributed by atoms with E-state index in [1.807, 2.05) is 13.1 Å². The summed E-state index contributed by atoms with van der Waals surface area (Å²) in [5.41, 5.74) is 6.56. The molecule has 2 aromatic heterocycles. The Labute approximate surface area is 152 Å². The largest absolute Gasteiger partial charge is 0.408 e. The quantitative estimate of drug-likeness (QED) is 0.778. The summed E-state index contributed by atoms with van der Waals surface area (Å²) in [7, 11) is -2.25. The molecule has 10 heteroatoms. The van der Waals surface area contributed by atoms with Crippen LogP contribution in [0, 0.1) is 0 Å². The molecule has 1 saturated heterocycles. The lowest BCUT2D eigenvalue weighted by Gasteiger charge is -2.39. The number of aliphatic hydroxyl groups excluding tert-OH is 1. The summed E-state index contributed by atoms with van der Waals surface area (Å²) >= 11 is 0. The van der Waals surface area contributed by atoms with Gasteiger partial charge in [-0.2, -0.15) is 0 Å². The highest BCUT2D eigenvalue weighted by molar-refractivity contribution is 6.74. The van der Waals surface area contributed by atoms with Crippen LogP contribution in [0.5, 0.6) is 0 Å². The molecule has 4 atom stereocenters. The van der Waals surface area contributed by atoms with Crippen molar-refractivity contribution in [1.82, 2.24) is 19.5 Å². The van der Waals surface area contributed by atoms with Crippen LogP contribution < -0.4 is 5.73 Å². The molecule has 3 rings (SSSR count). The second-order valence-corrected chi connectivity index (χ2v) is 12.9. The Bertz CT molecular complexity index is 794. The second-order valence-electron chi connectivity index (χ2n) is 8.12. The van der Waals surface area contributed by atoms with E-state index in [-0.39, 0.29) is 17.5 Å². The highest BCUT2D eigenvalue weighted by Gasteiger charge is 2.51. The summed E-state index contributed by atoms with van der Waals surface area (Å²) < 4.78 is 28.8. The third kappa shape index (κ3) is 3.11. The van der Waals surface area contributed by atoms with E-state index >= 15 is 4.39 Å². The van der Waals surface area contributed by atoms with Gasteiger partial charge in [-0.3, -0.25) is 4.57 Å². The van der Waals surface area contributed by atoms with Crippen molar-refractivity contribution >= 4 is 25.3 Å². The Hall–Kier alpha value is -1.62. The molecule has 0 aromatic carbocycles. The third-order valence-electron chi connectivity index (χ3n) is 5.34. The van der Waals surface area contributed by atoms with E-state index < -0.39 is 32.9 Å². The Morgan fingerprint density at radius 2 is 2.04 bits per heavy atom. The Morgan fingerprint density at radius 3 is 2.65 bits per heavy atom. The first kappa shape index (κ1) is 19.1. The summed E-state index contributed by atoms with van der Waals surface area (Å²) in [6.45, 7) is 9.99. The van der Waals surface area contributed by atoms with Crippen LogP contribution in [0.2, 0.25) is 18.1 Å². The highest BCUT2D eigenvalue weighted by Crippen LogP contribution is 2.42. The number of aliphatic hydroxyl groups is 1. The van der Waals surface area contributed by atoms with Crippen LogP contribution in [0.3, 0.4) is 0 Å². The fourth-order valence-corrected chi connectivity index (χ4v) is 4.09. The van der Waals surface area contributed by atoms with Gasteiger partial charge in [0.05, 0.1) is 12.9 Å². The first-order valence-corrected chi connectivity index (χ1v) is 11.5. The molecular weight excluding hydrogens is 357 g/mol. The van der Waals surface area contributed by atoms with Crippen LogP contribution in [0.4, 0.5) is 10.2 Å². The van der Waals surface area contributed by atoms with Crippen molar-refractivity contribution in [3.63, 3.8) is 0 Å². The lowest BCUT2D eigenvalue weighted by atomic mass is 10.1. The van der Waals surface area contributed by atoms with Crippen molar-refractivity contribution in [3.05, 3.63) is 12.7 Å². The highest BCUT2D eigenvalue weighted by atomic mass is 28.4. The average Bonchev–Trinajstić information content (AvgIpc) is 3.09. The number of nitrogens with zero attached hydrogens (tertiary/aromatic N) is 4. The Morgan fingerprint density at radius 1 is 1.35 bits per heavy atom. The van der Waals surface area contributed by atoms with Gasteiger partial charge < -0.3 is 20.0 Å². The Balaban J connectivity index is 1.92. The van der Waals surface area contributed by atoms with Crippen LogP contribution >= 0.6 is 0 Å². The molecule has 144 valence electrons. The minimum absolute atomic E-state index is 0.0891. The van der Waals surface area contributed by atoms with Crippen molar-refractivity contribution in [2.75, 3.05) is 12.3 Å². The number of nitrogens with two attached hydrogens (primary N) is 1. The predicted octanol–water partition coefficient (Wildman–Crippen LogP) is 2.03. The number of ether oxygens (including phenoxy) is 1. The second kappa shape index (κ2) is 6.52. The molecule has 0 saturated carbocycles. The van der Waals surface area contributed by atoms with E-state index in [1.54, 1.807) is 0 Å². The van der Waals surface area contributed by atoms with Gasteiger partial charge in [0.25, 0.3) is 0 Å². The molecule has 3 N–H and O–H groups in total. The summed E-state index contributed by atoms with van der Waals surface area (Å²) in [6.07, 6.45) is -1.37. The van der Waals surface area contributed by atoms with Gasteiger partial charge in [-0.25, -0.2) is 19.3 Å². The lowest BCUT2D eigenvalue weighted by Crippen LogP contribution is -2.49. The summed E-state index contributed by atoms with van der Waals surface area (Å²) in [6, 6.07) is 0. The monoisotopic (exact) mass is 383 g/mol. The lowest BCUT2D eigenvalue weighted by molar-refractivity contribution is -0.0445. The molecule has 0 amide bonds. The van der Waals surface area contributed by atoms with Gasteiger partial charge in [-0.05, 0) is 18.1 Å². The normalized spacial score (nSPS) is 27.3. The maximum absolute atomic E-state index is 15.3. The Kier molecular flexibility index (Phi) is 4.80. The van der Waals surface area contributed by atoms with Crippen molar-refractivity contribution < 1.29 is 18.7 Å². The number of alkyl halides is 1. The molecule has 0 aliphatic carbocycles. The van der Waals surface area contributed by atoms with Gasteiger partial charge in [0, 0.05) is 0 Å². The smallest absolute Gasteiger partial charge is 0.192 e. The minimum atomic E-state index is -2.25. The standard InChI is InChI=1S/C16H26FN5O3Si/c1-16(2,3)26(4,5)25-12-9(6-23)24-15(10(12)17)22-8-21-11-13(18)19-7-20-14(11)22/h7-10,12,15,23H,6H2,1-5H3,(H2,18,19,20)/t9-,10+,12-,15-/m1/s1. The number of hydrogen-bond donors (Lipinski definition) is 2. The van der Waals surface area contributed by atoms with Gasteiger partial charge in [-0.1, -0.05) is 20.8 Å². The first-order valence-electron chi connectivity index (χ1n) is 8.58. The van der Waals surface area contributed by atoms with Crippen LogP contribution in [0.25, 0.3) is 11.2 Å². The summed E-state index contributed by atoms with van der Waals surface area (Å²) in [5, 5.41) is 9.61. The maximum Gasteiger partial charge on any atom is 0.192 e. The molecule has 0 bridgehead atoms. The van der Waals surface area contributed by atoms with Gasteiger partial charge in [0.1, 0.15) is 24.1 Å². The van der Waals surface area contributed by atoms with Gasteiger partial charge >= 0.3 is 0 Å². The van der Waals surface area contributed by atoms with E-state index in [1.165, 1.54) is 17.2 Å². The van der Waals surface area contributed by atoms with E-state index in [0.29, 0.717) is 11.2 Å². The molecule has 3 heterocycles. The first-order chi connectivity index (χ1) is 12.1. The zero-order chi connectivity index (χ0) is 19.3. The van der Waals surface area contributed by atoms with Crippen LogP contribution in [-0.2, 0) is 9.16 Å². The zero-order valence-corrected chi connectivity index (χ0v) is 16.7. The molecule has 1 fully saturated rings. The number of hydrogen-bond acceptors (Lipinski definition) is 7. The molecule has 0 unspecified atom stereocenters. The van der Waals surface area contributed by atoms with Crippen molar-refractivity contribution in [1.29, 1.82) is 0 Å². The molecule has 8 nitrogen and oxygen atoms in total. The van der Waals surface area contributed by atoms with E-state index in [2.05, 4.69) is 35.7 Å². The number of nitrogen functional groups attached to an aromatic ring is 1. The average molecular weight is 384 g/mol. The fourth-order valence-electron chi connectivity index (χ4n) is 2.78. The molecule has 1 aliphatic rings. The van der Waals surface area contributed by atoms with Crippen molar-refractivity contribution in [2.45, 2.75) is 63.5 Å². The van der Waals surface area contributed by atoms with Crippen molar-refractivity contribution in [2.24, 2.45) is 0 Å². The molecular formula is C16H26FN5O3Si. The SMILES string of the molecule is CC(C)(C)[Si](C)(C)O[C@H]1[C@H](F)[C@H](n2cnc3c(N)ncnc32)O[C@@H]1CO. The minimum Gasteiger partial charge on any atom is -0.408 e. The van der Waals surface area contributed by atoms with Gasteiger partial charge in [0.15, 0.2) is 32.2 Å². The van der Waals surface area contributed by atoms with Gasteiger partial charge in [0.2, 0.25) is 0 Å². The zero-order valence-electron chi connectivity index (χ0n) is 15.7. The molecule has 1 aliphatic heterocycles. The molecule has 0 radical (unpaired) electrons. The van der Waals surface area contributed by atoms with E-state index in [4.69, 9.17) is 14.9 Å². The number of imidazole rings is 1. The third-order valence-corrected chi connectivity index (χ3v) is 9.82. The maximum atomic E-state index is 15.3.